The second-order valence-corrected chi connectivity index (χ2v) is 7.67. The molecule has 4 unspecified atom stereocenters. The predicted octanol–water partition coefficient (Wildman–Crippen LogP) is 2.72. The van der Waals surface area contributed by atoms with E-state index < -0.39 is 0 Å². The Morgan fingerprint density at radius 1 is 1.12 bits per heavy atom. The highest BCUT2D eigenvalue weighted by atomic mass is 35.5. The van der Waals surface area contributed by atoms with Gasteiger partial charge in [-0.3, -0.25) is 9.59 Å². The van der Waals surface area contributed by atoms with Crippen molar-refractivity contribution in [2.45, 2.75) is 57.2 Å². The van der Waals surface area contributed by atoms with Gasteiger partial charge in [-0.05, 0) is 56.2 Å². The summed E-state index contributed by atoms with van der Waals surface area (Å²) >= 11 is 0. The zero-order chi connectivity index (χ0) is 16.7. The van der Waals surface area contributed by atoms with E-state index in [0.29, 0.717) is 29.3 Å². The monoisotopic (exact) mass is 363 g/mol. The van der Waals surface area contributed by atoms with Crippen LogP contribution in [-0.4, -0.2) is 29.9 Å². The molecule has 3 N–H and O–H groups in total. The Labute approximate surface area is 154 Å². The van der Waals surface area contributed by atoms with Gasteiger partial charge in [0.2, 0.25) is 5.91 Å². The van der Waals surface area contributed by atoms with Crippen molar-refractivity contribution in [2.75, 3.05) is 5.32 Å². The Morgan fingerprint density at radius 3 is 2.44 bits per heavy atom. The van der Waals surface area contributed by atoms with E-state index >= 15 is 0 Å². The molecule has 4 atom stereocenters. The number of nitrogens with one attached hydrogen (secondary N) is 3. The molecule has 1 aromatic carbocycles. The fourth-order valence-corrected chi connectivity index (χ4v) is 4.10. The van der Waals surface area contributed by atoms with Crippen LogP contribution in [0, 0.1) is 11.8 Å². The maximum atomic E-state index is 12.5. The van der Waals surface area contributed by atoms with Crippen LogP contribution in [0.1, 0.15) is 49.4 Å². The lowest BCUT2D eigenvalue weighted by Gasteiger charge is -2.29. The minimum atomic E-state index is -0.0443. The van der Waals surface area contributed by atoms with Crippen molar-refractivity contribution >= 4 is 29.9 Å². The van der Waals surface area contributed by atoms with Crippen LogP contribution in [0.4, 0.5) is 5.69 Å². The average Bonchev–Trinajstić information content (AvgIpc) is 3.20. The van der Waals surface area contributed by atoms with Crippen LogP contribution >= 0.6 is 12.4 Å². The van der Waals surface area contributed by atoms with Gasteiger partial charge >= 0.3 is 0 Å². The Balaban J connectivity index is 0.00000182. The maximum absolute atomic E-state index is 12.5. The van der Waals surface area contributed by atoms with Crippen molar-refractivity contribution in [3.8, 4) is 0 Å². The van der Waals surface area contributed by atoms with Crippen molar-refractivity contribution in [1.29, 1.82) is 0 Å². The van der Waals surface area contributed by atoms with E-state index in [1.54, 1.807) is 12.1 Å². The van der Waals surface area contributed by atoms with Crippen molar-refractivity contribution in [2.24, 2.45) is 11.8 Å². The summed E-state index contributed by atoms with van der Waals surface area (Å²) in [5.41, 5.74) is 1.32. The number of fused-ring (bicyclic) bond motifs is 2. The second-order valence-electron chi connectivity index (χ2n) is 7.67. The maximum Gasteiger partial charge on any atom is 0.251 e. The van der Waals surface area contributed by atoms with Gasteiger partial charge in [-0.1, -0.05) is 13.0 Å². The van der Waals surface area contributed by atoms with E-state index in [4.69, 9.17) is 0 Å². The third-order valence-electron chi connectivity index (χ3n) is 5.65. The van der Waals surface area contributed by atoms with Crippen molar-refractivity contribution in [1.82, 2.24) is 10.6 Å². The van der Waals surface area contributed by atoms with Crippen LogP contribution in [0.5, 0.6) is 0 Å². The molecule has 2 amide bonds. The molecule has 0 aromatic heterocycles. The van der Waals surface area contributed by atoms with Crippen LogP contribution in [0.25, 0.3) is 0 Å². The molecule has 3 fully saturated rings. The van der Waals surface area contributed by atoms with Gasteiger partial charge in [-0.15, -0.1) is 12.4 Å². The molecule has 4 rings (SSSR count). The standard InChI is InChI=1S/C19H25N3O2.ClH/c1-11-7-17(11)19(24)21-13-4-2-3-12(8-13)18(23)22-16-9-14-5-6-15(10-16)20-14;/h2-4,8,11,14-17,20H,5-7,9-10H2,1H3,(H,21,24)(H,22,23);1H. The van der Waals surface area contributed by atoms with Gasteiger partial charge in [0.05, 0.1) is 0 Å². The Hall–Kier alpha value is -1.59. The van der Waals surface area contributed by atoms with Gasteiger partial charge in [0.15, 0.2) is 0 Å². The Morgan fingerprint density at radius 2 is 1.80 bits per heavy atom. The number of hydrogen-bond acceptors (Lipinski definition) is 3. The van der Waals surface area contributed by atoms with E-state index in [1.807, 2.05) is 12.1 Å². The number of rotatable bonds is 4. The fourth-order valence-electron chi connectivity index (χ4n) is 4.10. The first-order valence-electron chi connectivity index (χ1n) is 9.06. The summed E-state index contributed by atoms with van der Waals surface area (Å²) < 4.78 is 0. The number of halogens is 1. The third-order valence-corrected chi connectivity index (χ3v) is 5.65. The normalized spacial score (nSPS) is 32.4. The topological polar surface area (TPSA) is 70.2 Å². The predicted molar refractivity (Wildman–Crippen MR) is 100 cm³/mol. The summed E-state index contributed by atoms with van der Waals surface area (Å²) in [4.78, 5) is 24.6. The summed E-state index contributed by atoms with van der Waals surface area (Å²) in [6.45, 7) is 2.08. The van der Waals surface area contributed by atoms with Crippen LogP contribution in [-0.2, 0) is 4.79 Å². The summed E-state index contributed by atoms with van der Waals surface area (Å²) in [5, 5.41) is 9.68. The molecule has 2 heterocycles. The summed E-state index contributed by atoms with van der Waals surface area (Å²) in [7, 11) is 0. The Bertz CT molecular complexity index is 654. The van der Waals surface area contributed by atoms with Gasteiger partial charge in [0.1, 0.15) is 0 Å². The quantitative estimate of drug-likeness (QED) is 0.770. The molecule has 6 heteroatoms. The molecule has 5 nitrogen and oxygen atoms in total. The van der Waals surface area contributed by atoms with E-state index in [1.165, 1.54) is 12.8 Å². The first-order chi connectivity index (χ1) is 11.6. The van der Waals surface area contributed by atoms with E-state index in [2.05, 4.69) is 22.9 Å². The van der Waals surface area contributed by atoms with Crippen LogP contribution in [0.3, 0.4) is 0 Å². The number of carbonyl (C=O) groups is 2. The largest absolute Gasteiger partial charge is 0.349 e. The molecular weight excluding hydrogens is 338 g/mol. The summed E-state index contributed by atoms with van der Waals surface area (Å²) in [5.74, 6) is 0.631. The van der Waals surface area contributed by atoms with Gasteiger partial charge in [-0.2, -0.15) is 0 Å². The molecule has 1 aromatic rings. The Kier molecular flexibility index (Phi) is 5.35. The zero-order valence-electron chi connectivity index (χ0n) is 14.5. The van der Waals surface area contributed by atoms with Crippen LogP contribution in [0.15, 0.2) is 24.3 Å². The summed E-state index contributed by atoms with van der Waals surface area (Å²) in [6.07, 6.45) is 5.43. The zero-order valence-corrected chi connectivity index (χ0v) is 15.3. The third kappa shape index (κ3) is 4.15. The lowest BCUT2D eigenvalue weighted by molar-refractivity contribution is -0.117. The lowest BCUT2D eigenvalue weighted by Crippen LogP contribution is -2.48. The second kappa shape index (κ2) is 7.34. The number of benzene rings is 1. The number of amides is 2. The van der Waals surface area contributed by atoms with Gasteiger partial charge in [-0.25, -0.2) is 0 Å². The molecule has 0 spiro atoms. The van der Waals surface area contributed by atoms with Crippen LogP contribution in [0.2, 0.25) is 0 Å². The number of piperidine rings is 1. The number of hydrogen-bond donors (Lipinski definition) is 3. The van der Waals surface area contributed by atoms with E-state index in [0.717, 1.165) is 19.3 Å². The smallest absolute Gasteiger partial charge is 0.251 e. The van der Waals surface area contributed by atoms with Crippen LogP contribution < -0.4 is 16.0 Å². The van der Waals surface area contributed by atoms with E-state index in [9.17, 15) is 9.59 Å². The molecular formula is C19H26ClN3O2. The van der Waals surface area contributed by atoms with Gasteiger partial charge in [0.25, 0.3) is 5.91 Å². The highest BCUT2D eigenvalue weighted by Gasteiger charge is 2.39. The molecule has 2 aliphatic heterocycles. The fraction of sp³-hybridized carbons (Fsp3) is 0.579. The van der Waals surface area contributed by atoms with Crippen molar-refractivity contribution in [3.05, 3.63) is 29.8 Å². The minimum absolute atomic E-state index is 0. The molecule has 1 saturated carbocycles. The molecule has 1 aliphatic carbocycles. The van der Waals surface area contributed by atoms with Gasteiger partial charge < -0.3 is 16.0 Å². The summed E-state index contributed by atoms with van der Waals surface area (Å²) in [6, 6.07) is 8.61. The molecule has 2 bridgehead atoms. The van der Waals surface area contributed by atoms with Crippen molar-refractivity contribution in [3.63, 3.8) is 0 Å². The minimum Gasteiger partial charge on any atom is -0.349 e. The SMILES string of the molecule is CC1CC1C(=O)Nc1cccc(C(=O)NC2CC3CCC(C2)N3)c1.Cl. The highest BCUT2D eigenvalue weighted by Crippen LogP contribution is 2.38. The first kappa shape index (κ1) is 18.2. The van der Waals surface area contributed by atoms with Gasteiger partial charge in [0, 0.05) is 35.3 Å². The number of anilines is 1. The average molecular weight is 364 g/mol. The first-order valence-corrected chi connectivity index (χ1v) is 9.06. The van der Waals surface area contributed by atoms with Crippen molar-refractivity contribution < 1.29 is 9.59 Å². The van der Waals surface area contributed by atoms with E-state index in [-0.39, 0.29) is 36.2 Å². The molecule has 3 aliphatic rings. The molecule has 25 heavy (non-hydrogen) atoms. The highest BCUT2D eigenvalue weighted by molar-refractivity contribution is 5.98. The molecule has 2 saturated heterocycles. The molecule has 0 radical (unpaired) electrons. The molecule has 136 valence electrons. The number of carbonyl (C=O) groups excluding carboxylic acids is 2. The lowest BCUT2D eigenvalue weighted by atomic mass is 9.99.